The number of aliphatic hydroxyl groups is 2. The summed E-state index contributed by atoms with van der Waals surface area (Å²) in [5.41, 5.74) is -3.67. The van der Waals surface area contributed by atoms with E-state index < -0.39 is 96.1 Å². The number of fused-ring (bicyclic) bond motifs is 1. The first-order valence-corrected chi connectivity index (χ1v) is 20.8. The van der Waals surface area contributed by atoms with Crippen molar-refractivity contribution >= 4 is 12.1 Å². The molecule has 4 aliphatic heterocycles. The number of cyclic esters (lactones) is 1. The number of ether oxygens (including phenoxy) is 9. The van der Waals surface area contributed by atoms with Crippen molar-refractivity contribution in [2.45, 2.75) is 185 Å². The van der Waals surface area contributed by atoms with Crippen molar-refractivity contribution in [1.82, 2.24) is 9.80 Å². The first-order valence-electron chi connectivity index (χ1n) is 20.8. The molecule has 57 heavy (non-hydrogen) atoms. The van der Waals surface area contributed by atoms with E-state index in [-0.39, 0.29) is 36.9 Å². The molecule has 0 aliphatic carbocycles. The highest BCUT2D eigenvalue weighted by molar-refractivity contribution is 5.73. The Labute approximate surface area is 340 Å². The zero-order chi connectivity index (χ0) is 42.8. The molecule has 0 spiro atoms. The molecule has 0 radical (unpaired) electrons. The molecule has 0 aromatic heterocycles. The number of hydrogen-bond donors (Lipinski definition) is 2. The number of nitrogens with zero attached hydrogens (tertiary/aromatic N) is 2. The van der Waals surface area contributed by atoms with Crippen LogP contribution in [0.2, 0.25) is 0 Å². The Morgan fingerprint density at radius 2 is 1.67 bits per heavy atom. The predicted molar refractivity (Wildman–Crippen MR) is 211 cm³/mol. The summed E-state index contributed by atoms with van der Waals surface area (Å²) in [6.07, 6.45) is -5.52. The Hall–Kier alpha value is -1.92. The van der Waals surface area contributed by atoms with Crippen LogP contribution in [-0.4, -0.2) is 164 Å². The highest BCUT2D eigenvalue weighted by Gasteiger charge is 2.58. The number of carbonyl (C=O) groups is 2. The van der Waals surface area contributed by atoms with Crippen molar-refractivity contribution < 1.29 is 62.4 Å². The number of esters is 1. The average Bonchev–Trinajstić information content (AvgIpc) is 3.44. The lowest BCUT2D eigenvalue weighted by atomic mass is 9.77. The minimum Gasteiger partial charge on any atom is -0.458 e. The molecule has 18 atom stereocenters. The van der Waals surface area contributed by atoms with Gasteiger partial charge in [-0.15, -0.1) is 6.58 Å². The van der Waals surface area contributed by atoms with E-state index in [0.717, 1.165) is 0 Å². The van der Waals surface area contributed by atoms with Gasteiger partial charge in [0.25, 0.3) is 0 Å². The van der Waals surface area contributed by atoms with E-state index in [4.69, 9.17) is 42.6 Å². The molecule has 15 nitrogen and oxygen atoms in total. The van der Waals surface area contributed by atoms with Gasteiger partial charge in [-0.2, -0.15) is 0 Å². The molecule has 4 heterocycles. The zero-order valence-corrected chi connectivity index (χ0v) is 37.0. The highest BCUT2D eigenvalue weighted by Crippen LogP contribution is 2.42. The lowest BCUT2D eigenvalue weighted by molar-refractivity contribution is -0.320. The van der Waals surface area contributed by atoms with Crippen molar-refractivity contribution in [1.29, 1.82) is 0 Å². The van der Waals surface area contributed by atoms with Crippen molar-refractivity contribution in [3.63, 3.8) is 0 Å². The third-order valence-electron chi connectivity index (χ3n) is 13.0. The van der Waals surface area contributed by atoms with Crippen LogP contribution in [0.25, 0.3) is 0 Å². The second-order valence-electron chi connectivity index (χ2n) is 18.2. The Morgan fingerprint density at radius 1 is 1.00 bits per heavy atom. The van der Waals surface area contributed by atoms with Crippen molar-refractivity contribution in [2.24, 2.45) is 17.8 Å². The molecule has 0 saturated carbocycles. The van der Waals surface area contributed by atoms with Gasteiger partial charge in [-0.25, -0.2) is 4.79 Å². The maximum Gasteiger partial charge on any atom is 0.509 e. The van der Waals surface area contributed by atoms with Crippen molar-refractivity contribution in [3.8, 4) is 0 Å². The van der Waals surface area contributed by atoms with Gasteiger partial charge in [-0.3, -0.25) is 9.69 Å². The molecule has 2 N–H and O–H groups in total. The van der Waals surface area contributed by atoms with Gasteiger partial charge >= 0.3 is 12.1 Å². The van der Waals surface area contributed by atoms with E-state index in [1.54, 1.807) is 34.0 Å². The first kappa shape index (κ1) is 47.8. The van der Waals surface area contributed by atoms with Gasteiger partial charge in [0.05, 0.1) is 48.1 Å². The molecule has 1 unspecified atom stereocenters. The maximum atomic E-state index is 14.6. The largest absolute Gasteiger partial charge is 0.509 e. The van der Waals surface area contributed by atoms with Crippen LogP contribution >= 0.6 is 0 Å². The summed E-state index contributed by atoms with van der Waals surface area (Å²) in [5.74, 6) is -2.41. The van der Waals surface area contributed by atoms with Crippen LogP contribution in [0.15, 0.2) is 12.7 Å². The van der Waals surface area contributed by atoms with Crippen LogP contribution in [0.1, 0.15) is 94.9 Å². The van der Waals surface area contributed by atoms with E-state index >= 15 is 0 Å². The topological polar surface area (TPSA) is 164 Å². The standard InChI is InChI=1S/C42H74N2O13/c1-16-18-50-36-28(8)52-31(21-41(36,10)49-15)54-33-25(5)34(55-38-32(45)29(43(12)13)19-24(4)51-38)40(9,48)20-23(3)22-44(14)27(7)35-42(11,57-39(47)56-35)30(17-2)53-37(46)26(33)6/h16,23-36,38,45,48H,1,17-22H2,2-15H3/t23-,24-,25+,26-,27-,28+,29+,30-,31?,32-,33+,34-,35+,36+,38+,40-,41-,42-/m1/s1. The Morgan fingerprint density at radius 3 is 2.26 bits per heavy atom. The molecule has 4 saturated heterocycles. The molecule has 4 rings (SSSR count). The molecular formula is C42H74N2O13. The SMILES string of the molecule is C=CCO[C@H]1[C@H](C)OC(O[C@H]2[C@H](C)[C@@H](O[C@@H]3O[C@H](C)C[C@H](N(C)C)[C@H]3O)[C@](C)(O)C[C@@H](C)CN(C)[C@H](C)[C@@H]3OC(=O)O[C@]3(C)[C@@H](CC)OC(=O)[C@@H]2C)C[C@@]1(C)OC. The lowest BCUT2D eigenvalue weighted by Gasteiger charge is -2.49. The Kier molecular flexibility index (Phi) is 16.1. The summed E-state index contributed by atoms with van der Waals surface area (Å²) in [7, 11) is 7.34. The van der Waals surface area contributed by atoms with E-state index in [9.17, 15) is 19.8 Å². The van der Waals surface area contributed by atoms with Crippen LogP contribution in [0, 0.1) is 17.8 Å². The Balaban J connectivity index is 1.83. The first-order chi connectivity index (χ1) is 26.5. The number of aliphatic hydroxyl groups excluding tert-OH is 1. The fraction of sp³-hybridized carbons (Fsp3) is 0.905. The van der Waals surface area contributed by atoms with Gasteiger partial charge in [0, 0.05) is 38.1 Å². The second-order valence-corrected chi connectivity index (χ2v) is 18.2. The number of carbonyl (C=O) groups excluding carboxylic acids is 2. The van der Waals surface area contributed by atoms with Gasteiger partial charge in [0.1, 0.15) is 18.3 Å². The van der Waals surface area contributed by atoms with Gasteiger partial charge in [-0.05, 0) is 94.8 Å². The molecule has 0 amide bonds. The molecule has 330 valence electrons. The van der Waals surface area contributed by atoms with Gasteiger partial charge < -0.3 is 57.7 Å². The number of methoxy groups -OCH3 is 1. The molecular weight excluding hydrogens is 740 g/mol. The lowest BCUT2D eigenvalue weighted by Crippen LogP contribution is -2.61. The monoisotopic (exact) mass is 815 g/mol. The smallest absolute Gasteiger partial charge is 0.458 e. The van der Waals surface area contributed by atoms with E-state index in [1.165, 1.54) is 0 Å². The number of likely N-dealkylation sites (N-methyl/N-ethyl adjacent to an activating group) is 2. The normalized spacial score (nSPS) is 46.9. The summed E-state index contributed by atoms with van der Waals surface area (Å²) >= 11 is 0. The van der Waals surface area contributed by atoms with E-state index in [1.807, 2.05) is 74.5 Å². The fourth-order valence-corrected chi connectivity index (χ4v) is 9.82. The summed E-state index contributed by atoms with van der Waals surface area (Å²) in [6, 6.07) is -0.610. The van der Waals surface area contributed by atoms with E-state index in [2.05, 4.69) is 11.5 Å². The third kappa shape index (κ3) is 10.5. The molecule has 4 aliphatic rings. The number of hydrogen-bond acceptors (Lipinski definition) is 15. The molecule has 0 bridgehead atoms. The minimum atomic E-state index is -1.54. The third-order valence-corrected chi connectivity index (χ3v) is 13.0. The minimum absolute atomic E-state index is 0.111. The quantitative estimate of drug-likeness (QED) is 0.237. The van der Waals surface area contributed by atoms with E-state index in [0.29, 0.717) is 26.0 Å². The van der Waals surface area contributed by atoms with Crippen molar-refractivity contribution in [2.75, 3.05) is 41.4 Å². The predicted octanol–water partition coefficient (Wildman–Crippen LogP) is 4.29. The van der Waals surface area contributed by atoms with Crippen LogP contribution < -0.4 is 0 Å². The highest BCUT2D eigenvalue weighted by atomic mass is 16.8. The molecule has 0 aromatic carbocycles. The number of rotatable bonds is 10. The van der Waals surface area contributed by atoms with Crippen LogP contribution in [0.3, 0.4) is 0 Å². The van der Waals surface area contributed by atoms with Crippen LogP contribution in [-0.2, 0) is 47.4 Å². The molecule has 4 fully saturated rings. The summed E-state index contributed by atoms with van der Waals surface area (Å²) in [4.78, 5) is 31.3. The zero-order valence-electron chi connectivity index (χ0n) is 37.0. The van der Waals surface area contributed by atoms with Crippen LogP contribution in [0.5, 0.6) is 0 Å². The average molecular weight is 815 g/mol. The van der Waals surface area contributed by atoms with Gasteiger partial charge in [-0.1, -0.05) is 26.8 Å². The second kappa shape index (κ2) is 19.2. The fourth-order valence-electron chi connectivity index (χ4n) is 9.82. The Bertz CT molecular complexity index is 1350. The van der Waals surface area contributed by atoms with Gasteiger partial charge in [0.2, 0.25) is 0 Å². The van der Waals surface area contributed by atoms with Crippen molar-refractivity contribution in [3.05, 3.63) is 12.7 Å². The summed E-state index contributed by atoms with van der Waals surface area (Å²) in [6.45, 7) is 23.2. The molecule has 15 heteroatoms. The van der Waals surface area contributed by atoms with Crippen LogP contribution in [0.4, 0.5) is 4.79 Å². The van der Waals surface area contributed by atoms with Gasteiger partial charge in [0.15, 0.2) is 24.3 Å². The molecule has 0 aromatic rings. The summed E-state index contributed by atoms with van der Waals surface area (Å²) in [5, 5.41) is 24.3. The summed E-state index contributed by atoms with van der Waals surface area (Å²) < 4.78 is 56.6. The maximum absolute atomic E-state index is 14.6.